The average molecular weight is 314 g/mol. The molecule has 1 aliphatic rings. The van der Waals surface area contributed by atoms with E-state index in [4.69, 9.17) is 4.74 Å². The molecule has 0 N–H and O–H groups in total. The van der Waals surface area contributed by atoms with Gasteiger partial charge in [-0.05, 0) is 61.6 Å². The number of nitrogens with zero attached hydrogens (tertiary/aromatic N) is 2. The van der Waals surface area contributed by atoms with Crippen LogP contribution in [0.5, 0.6) is 5.75 Å². The van der Waals surface area contributed by atoms with Crippen molar-refractivity contribution in [3.63, 3.8) is 0 Å². The highest BCUT2D eigenvalue weighted by molar-refractivity contribution is 5.27. The molecule has 0 bridgehead atoms. The second-order valence-electron chi connectivity index (χ2n) is 6.33. The first-order valence-corrected chi connectivity index (χ1v) is 8.11. The number of aryl methyl sites for hydroxylation is 1. The molecule has 1 aromatic carbocycles. The minimum absolute atomic E-state index is 0.101. The molecule has 0 spiro atoms. The van der Waals surface area contributed by atoms with Gasteiger partial charge in [0.05, 0.1) is 12.8 Å². The zero-order chi connectivity index (χ0) is 16.2. The predicted molar refractivity (Wildman–Crippen MR) is 89.0 cm³/mol. The van der Waals surface area contributed by atoms with E-state index in [0.29, 0.717) is 11.5 Å². The maximum Gasteiger partial charge on any atom is 0.141 e. The number of likely N-dealkylation sites (tertiary alicyclic amines) is 1. The van der Waals surface area contributed by atoms with E-state index in [0.717, 1.165) is 49.5 Å². The van der Waals surface area contributed by atoms with Gasteiger partial charge in [-0.3, -0.25) is 9.88 Å². The van der Waals surface area contributed by atoms with Crippen molar-refractivity contribution in [3.05, 3.63) is 59.2 Å². The molecule has 122 valence electrons. The standard InChI is InChI=1S/C19H23FN2O/c1-14-5-6-15(11-17(14)20)10-16-7-9-22(12-16)13-18-19(23-2)4-3-8-21-18/h3-6,8,11,16H,7,9-10,12-13H2,1-2H3. The second kappa shape index (κ2) is 7.09. The SMILES string of the molecule is COc1cccnc1CN1CCC(Cc2ccc(C)c(F)c2)C1. The molecule has 0 aliphatic carbocycles. The molecule has 0 amide bonds. The fourth-order valence-electron chi connectivity index (χ4n) is 3.26. The summed E-state index contributed by atoms with van der Waals surface area (Å²) >= 11 is 0. The molecule has 0 saturated carbocycles. The Bertz CT molecular complexity index is 674. The minimum atomic E-state index is -0.101. The highest BCUT2D eigenvalue weighted by Gasteiger charge is 2.24. The van der Waals surface area contributed by atoms with Gasteiger partial charge in [-0.25, -0.2) is 4.39 Å². The van der Waals surface area contributed by atoms with Gasteiger partial charge in [-0.2, -0.15) is 0 Å². The molecular weight excluding hydrogens is 291 g/mol. The van der Waals surface area contributed by atoms with Gasteiger partial charge in [0.1, 0.15) is 11.6 Å². The van der Waals surface area contributed by atoms with Crippen LogP contribution in [0.25, 0.3) is 0 Å². The number of pyridine rings is 1. The first-order valence-electron chi connectivity index (χ1n) is 8.11. The van der Waals surface area contributed by atoms with Crippen molar-refractivity contribution in [1.82, 2.24) is 9.88 Å². The second-order valence-corrected chi connectivity index (χ2v) is 6.33. The molecule has 3 rings (SSSR count). The Hall–Kier alpha value is -1.94. The molecule has 1 unspecified atom stereocenters. The van der Waals surface area contributed by atoms with Crippen LogP contribution < -0.4 is 4.74 Å². The van der Waals surface area contributed by atoms with E-state index in [1.165, 1.54) is 0 Å². The van der Waals surface area contributed by atoms with Crippen molar-refractivity contribution in [2.75, 3.05) is 20.2 Å². The summed E-state index contributed by atoms with van der Waals surface area (Å²) in [6.07, 6.45) is 3.89. The number of benzene rings is 1. The molecule has 1 aliphatic heterocycles. The molecule has 23 heavy (non-hydrogen) atoms. The summed E-state index contributed by atoms with van der Waals surface area (Å²) < 4.78 is 19.0. The highest BCUT2D eigenvalue weighted by Crippen LogP contribution is 2.25. The molecule has 1 atom stereocenters. The van der Waals surface area contributed by atoms with Gasteiger partial charge >= 0.3 is 0 Å². The Morgan fingerprint density at radius 2 is 2.22 bits per heavy atom. The van der Waals surface area contributed by atoms with E-state index < -0.39 is 0 Å². The van der Waals surface area contributed by atoms with E-state index in [2.05, 4.69) is 9.88 Å². The Kier molecular flexibility index (Phi) is 4.91. The van der Waals surface area contributed by atoms with Gasteiger partial charge in [0.2, 0.25) is 0 Å². The Morgan fingerprint density at radius 3 is 3.00 bits per heavy atom. The molecule has 2 aromatic rings. The maximum atomic E-state index is 13.7. The topological polar surface area (TPSA) is 25.4 Å². The van der Waals surface area contributed by atoms with Crippen LogP contribution in [-0.2, 0) is 13.0 Å². The van der Waals surface area contributed by atoms with Gasteiger partial charge in [0.15, 0.2) is 0 Å². The predicted octanol–water partition coefficient (Wildman–Crippen LogP) is 3.60. The Morgan fingerprint density at radius 1 is 1.35 bits per heavy atom. The van der Waals surface area contributed by atoms with Crippen LogP contribution in [0.3, 0.4) is 0 Å². The summed E-state index contributed by atoms with van der Waals surface area (Å²) in [5, 5.41) is 0. The number of methoxy groups -OCH3 is 1. The third-order valence-electron chi connectivity index (χ3n) is 4.57. The number of hydrogen-bond donors (Lipinski definition) is 0. The fraction of sp³-hybridized carbons (Fsp3) is 0.421. The van der Waals surface area contributed by atoms with Crippen LogP contribution in [0, 0.1) is 18.7 Å². The zero-order valence-corrected chi connectivity index (χ0v) is 13.8. The summed E-state index contributed by atoms with van der Waals surface area (Å²) in [5.74, 6) is 1.32. The van der Waals surface area contributed by atoms with Crippen molar-refractivity contribution >= 4 is 0 Å². The van der Waals surface area contributed by atoms with Crippen molar-refractivity contribution in [2.24, 2.45) is 5.92 Å². The third kappa shape index (κ3) is 3.88. The molecule has 4 heteroatoms. The van der Waals surface area contributed by atoms with E-state index in [1.54, 1.807) is 26.3 Å². The van der Waals surface area contributed by atoms with E-state index in [-0.39, 0.29) is 5.82 Å². The lowest BCUT2D eigenvalue weighted by Gasteiger charge is -2.17. The number of rotatable bonds is 5. The lowest BCUT2D eigenvalue weighted by molar-refractivity contribution is 0.303. The van der Waals surface area contributed by atoms with Crippen LogP contribution in [0.2, 0.25) is 0 Å². The number of aromatic nitrogens is 1. The normalized spacial score (nSPS) is 18.3. The van der Waals surface area contributed by atoms with E-state index in [1.807, 2.05) is 24.3 Å². The van der Waals surface area contributed by atoms with Crippen LogP contribution >= 0.6 is 0 Å². The molecule has 1 fully saturated rings. The van der Waals surface area contributed by atoms with Crippen LogP contribution in [0.1, 0.15) is 23.2 Å². The summed E-state index contributed by atoms with van der Waals surface area (Å²) in [5.41, 5.74) is 2.79. The van der Waals surface area contributed by atoms with Crippen molar-refractivity contribution in [3.8, 4) is 5.75 Å². The molecule has 1 saturated heterocycles. The van der Waals surface area contributed by atoms with Gasteiger partial charge in [-0.1, -0.05) is 12.1 Å². The number of ether oxygens (including phenoxy) is 1. The molecule has 3 nitrogen and oxygen atoms in total. The summed E-state index contributed by atoms with van der Waals surface area (Å²) in [4.78, 5) is 6.83. The smallest absolute Gasteiger partial charge is 0.141 e. The molecular formula is C19H23FN2O. The van der Waals surface area contributed by atoms with Gasteiger partial charge in [-0.15, -0.1) is 0 Å². The molecule has 1 aromatic heterocycles. The Labute approximate surface area is 137 Å². The summed E-state index contributed by atoms with van der Waals surface area (Å²) in [6, 6.07) is 9.44. The first-order chi connectivity index (χ1) is 11.2. The van der Waals surface area contributed by atoms with Crippen molar-refractivity contribution < 1.29 is 9.13 Å². The van der Waals surface area contributed by atoms with Crippen LogP contribution in [0.4, 0.5) is 4.39 Å². The van der Waals surface area contributed by atoms with E-state index in [9.17, 15) is 4.39 Å². The summed E-state index contributed by atoms with van der Waals surface area (Å²) in [6.45, 7) is 4.69. The lowest BCUT2D eigenvalue weighted by Crippen LogP contribution is -2.21. The quantitative estimate of drug-likeness (QED) is 0.843. The van der Waals surface area contributed by atoms with Crippen LogP contribution in [0.15, 0.2) is 36.5 Å². The van der Waals surface area contributed by atoms with Gasteiger partial charge < -0.3 is 4.74 Å². The lowest BCUT2D eigenvalue weighted by atomic mass is 9.98. The fourth-order valence-corrected chi connectivity index (χ4v) is 3.26. The van der Waals surface area contributed by atoms with Crippen LogP contribution in [-0.4, -0.2) is 30.1 Å². The largest absolute Gasteiger partial charge is 0.495 e. The number of hydrogen-bond acceptors (Lipinski definition) is 3. The molecule has 2 heterocycles. The highest BCUT2D eigenvalue weighted by atomic mass is 19.1. The van der Waals surface area contributed by atoms with Gasteiger partial charge in [0, 0.05) is 19.3 Å². The van der Waals surface area contributed by atoms with Crippen molar-refractivity contribution in [1.29, 1.82) is 0 Å². The Balaban J connectivity index is 1.59. The minimum Gasteiger partial charge on any atom is -0.495 e. The van der Waals surface area contributed by atoms with Gasteiger partial charge in [0.25, 0.3) is 0 Å². The number of halogens is 1. The monoisotopic (exact) mass is 314 g/mol. The zero-order valence-electron chi connectivity index (χ0n) is 13.8. The molecule has 0 radical (unpaired) electrons. The van der Waals surface area contributed by atoms with E-state index >= 15 is 0 Å². The van der Waals surface area contributed by atoms with Crippen molar-refractivity contribution in [2.45, 2.75) is 26.3 Å². The summed E-state index contributed by atoms with van der Waals surface area (Å²) in [7, 11) is 1.68. The average Bonchev–Trinajstić information content (AvgIpc) is 2.98. The third-order valence-corrected chi connectivity index (χ3v) is 4.57. The first kappa shape index (κ1) is 15.9. The maximum absolute atomic E-state index is 13.7.